The largest absolute Gasteiger partial charge is 0.507 e. The zero-order valence-corrected chi connectivity index (χ0v) is 12.4. The third kappa shape index (κ3) is 2.40. The van der Waals surface area contributed by atoms with Crippen molar-refractivity contribution in [2.24, 2.45) is 0 Å². The average Bonchev–Trinajstić information content (AvgIpc) is 2.72. The van der Waals surface area contributed by atoms with Gasteiger partial charge in [-0.25, -0.2) is 4.98 Å². The van der Waals surface area contributed by atoms with Gasteiger partial charge in [-0.1, -0.05) is 11.3 Å². The molecule has 104 valence electrons. The highest BCUT2D eigenvalue weighted by molar-refractivity contribution is 7.23. The van der Waals surface area contributed by atoms with Gasteiger partial charge < -0.3 is 18.8 Å². The Hall–Kier alpha value is -0.625. The van der Waals surface area contributed by atoms with Crippen LogP contribution in [-0.2, 0) is 14.0 Å². The lowest BCUT2D eigenvalue weighted by Gasteiger charge is -2.32. The van der Waals surface area contributed by atoms with E-state index in [1.165, 1.54) is 11.3 Å². The first-order valence-corrected chi connectivity index (χ1v) is 7.17. The van der Waals surface area contributed by atoms with Crippen molar-refractivity contribution in [3.63, 3.8) is 0 Å². The quantitative estimate of drug-likeness (QED) is 0.781. The lowest BCUT2D eigenvalue weighted by atomic mass is 9.89. The van der Waals surface area contributed by atoms with E-state index in [9.17, 15) is 0 Å². The second-order valence-electron chi connectivity index (χ2n) is 5.82. The number of aromatic nitrogens is 1. The van der Waals surface area contributed by atoms with Gasteiger partial charge in [0.2, 0.25) is 0 Å². The minimum atomic E-state index is -0.556. The van der Waals surface area contributed by atoms with Crippen LogP contribution in [0.15, 0.2) is 6.17 Å². The first kappa shape index (κ1) is 12.1. The Morgan fingerprint density at radius 2 is 2.00 bits per heavy atom. The summed E-state index contributed by atoms with van der Waals surface area (Å²) in [6, 6.07) is 0. The second-order valence-corrected chi connectivity index (χ2v) is 6.81. The van der Waals surface area contributed by atoms with Crippen molar-refractivity contribution >= 4 is 23.2 Å². The highest BCUT2D eigenvalue weighted by Gasteiger charge is 2.52. The zero-order chi connectivity index (χ0) is 14.5. The van der Waals surface area contributed by atoms with Gasteiger partial charge >= 0.3 is 7.12 Å². The van der Waals surface area contributed by atoms with E-state index >= 15 is 0 Å². The summed E-state index contributed by atoms with van der Waals surface area (Å²) in [4.78, 5) is 4.12. The molecule has 0 bridgehead atoms. The Labute approximate surface area is 118 Å². The highest BCUT2D eigenvalue weighted by Crippen LogP contribution is 2.37. The van der Waals surface area contributed by atoms with Crippen molar-refractivity contribution in [2.45, 2.75) is 45.0 Å². The number of nitrogens with zero attached hydrogens (tertiary/aromatic N) is 1. The fraction of sp³-hybridized carbons (Fsp3) is 0.750. The molecular weight excluding hydrogens is 265 g/mol. The summed E-state index contributed by atoms with van der Waals surface area (Å²) in [6.45, 7) is 9.11. The Balaban J connectivity index is 1.77. The van der Waals surface area contributed by atoms with E-state index in [0.29, 0.717) is 23.2 Å². The third-order valence-corrected chi connectivity index (χ3v) is 4.66. The fourth-order valence-electron chi connectivity index (χ4n) is 1.77. The van der Waals surface area contributed by atoms with E-state index in [0.717, 1.165) is 0 Å². The topological polar surface area (TPSA) is 49.8 Å². The van der Waals surface area contributed by atoms with Crippen molar-refractivity contribution in [2.75, 3.05) is 13.2 Å². The van der Waals surface area contributed by atoms with E-state index in [1.807, 2.05) is 27.7 Å². The average molecular weight is 284 g/mol. The summed E-state index contributed by atoms with van der Waals surface area (Å²) in [6.07, 6.45) is 0.204. The minimum Gasteiger partial charge on any atom is -0.462 e. The van der Waals surface area contributed by atoms with Crippen molar-refractivity contribution in [3.05, 3.63) is 6.17 Å². The van der Waals surface area contributed by atoms with Crippen LogP contribution in [0.5, 0.6) is 5.19 Å². The predicted molar refractivity (Wildman–Crippen MR) is 73.1 cm³/mol. The molecule has 2 saturated heterocycles. The maximum atomic E-state index is 7.96. The van der Waals surface area contributed by atoms with Crippen LogP contribution in [0.1, 0.15) is 29.1 Å². The lowest BCUT2D eigenvalue weighted by Crippen LogP contribution is -2.41. The molecule has 19 heavy (non-hydrogen) atoms. The Kier molecular flexibility index (Phi) is 2.84. The Morgan fingerprint density at radius 1 is 1.37 bits per heavy atom. The fourth-order valence-corrected chi connectivity index (χ4v) is 2.51. The molecule has 2 fully saturated rings. The first-order valence-electron chi connectivity index (χ1n) is 6.86. The normalized spacial score (nSPS) is 26.1. The highest BCUT2D eigenvalue weighted by atomic mass is 32.1. The van der Waals surface area contributed by atoms with Crippen molar-refractivity contribution < 1.29 is 20.2 Å². The number of hydrogen-bond donors (Lipinski definition) is 0. The van der Waals surface area contributed by atoms with E-state index in [2.05, 4.69) is 4.98 Å². The molecular formula is C12H18BNO4S. The summed E-state index contributed by atoms with van der Waals surface area (Å²) in [7, 11) is -0.556. The van der Waals surface area contributed by atoms with Crippen molar-refractivity contribution in [1.29, 1.82) is 0 Å². The summed E-state index contributed by atoms with van der Waals surface area (Å²) in [5.41, 5.74) is -0.839. The van der Waals surface area contributed by atoms with Gasteiger partial charge in [-0.2, -0.15) is 0 Å². The van der Waals surface area contributed by atoms with Gasteiger partial charge in [0, 0.05) is 6.17 Å². The van der Waals surface area contributed by atoms with Gasteiger partial charge in [0.05, 0.1) is 30.6 Å². The summed E-state index contributed by atoms with van der Waals surface area (Å²) >= 11 is 1.31. The second kappa shape index (κ2) is 4.44. The Bertz CT molecular complexity index is 502. The molecule has 2 aliphatic rings. The molecule has 1 aromatic heterocycles. The molecule has 0 saturated carbocycles. The van der Waals surface area contributed by atoms with E-state index in [1.54, 1.807) is 0 Å². The smallest absolute Gasteiger partial charge is 0.462 e. The monoisotopic (exact) mass is 284 g/mol. The van der Waals surface area contributed by atoms with Gasteiger partial charge in [-0.3, -0.25) is 0 Å². The number of thiazole rings is 1. The van der Waals surface area contributed by atoms with Gasteiger partial charge in [-0.15, -0.1) is 0 Å². The molecule has 1 aromatic rings. The molecule has 0 aromatic carbocycles. The predicted octanol–water partition coefficient (Wildman–Crippen LogP) is 1.22. The van der Waals surface area contributed by atoms with E-state index in [-0.39, 0.29) is 12.3 Å². The van der Waals surface area contributed by atoms with Crippen LogP contribution in [-0.4, -0.2) is 42.6 Å². The van der Waals surface area contributed by atoms with Crippen molar-refractivity contribution in [1.82, 2.24) is 4.98 Å². The maximum Gasteiger partial charge on any atom is 0.507 e. The number of hydrogen-bond acceptors (Lipinski definition) is 6. The van der Waals surface area contributed by atoms with E-state index < -0.39 is 18.3 Å². The van der Waals surface area contributed by atoms with Crippen LogP contribution >= 0.6 is 11.3 Å². The standard InChI is InChI=1S/C12H18BNO4S/c1-11(2)12(3,4)18-13(17-11)9-5-14-10(19-9)16-8-6-15-7-8/h5,8H,6-7H2,1-4H3/i5D. The summed E-state index contributed by atoms with van der Waals surface area (Å²) in [5, 5.41) is 0.480. The van der Waals surface area contributed by atoms with Gasteiger partial charge in [0.25, 0.3) is 5.19 Å². The molecule has 0 atom stereocenters. The van der Waals surface area contributed by atoms with Crippen molar-refractivity contribution in [3.8, 4) is 5.19 Å². The molecule has 0 unspecified atom stereocenters. The Morgan fingerprint density at radius 3 is 2.53 bits per heavy atom. The van der Waals surface area contributed by atoms with Crippen LogP contribution in [0.25, 0.3) is 0 Å². The molecule has 7 heteroatoms. The van der Waals surface area contributed by atoms with Crippen LogP contribution in [0, 0.1) is 0 Å². The molecule has 0 spiro atoms. The SMILES string of the molecule is [2H]c1nc(OC2COC2)sc1B1OC(C)(C)C(C)(C)O1. The van der Waals surface area contributed by atoms with Crippen LogP contribution < -0.4 is 9.51 Å². The summed E-state index contributed by atoms with van der Waals surface area (Å²) < 4.78 is 31.2. The third-order valence-electron chi connectivity index (χ3n) is 3.80. The first-order chi connectivity index (χ1) is 9.28. The van der Waals surface area contributed by atoms with Gasteiger partial charge in [0.15, 0.2) is 0 Å². The molecule has 0 amide bonds. The number of rotatable bonds is 3. The van der Waals surface area contributed by atoms with Crippen LogP contribution in [0.2, 0.25) is 0 Å². The maximum absolute atomic E-state index is 7.96. The zero-order valence-electron chi connectivity index (χ0n) is 12.6. The number of ether oxygens (including phenoxy) is 2. The van der Waals surface area contributed by atoms with Crippen LogP contribution in [0.3, 0.4) is 0 Å². The molecule has 0 N–H and O–H groups in total. The van der Waals surface area contributed by atoms with Crippen LogP contribution in [0.4, 0.5) is 0 Å². The molecule has 3 heterocycles. The molecule has 5 nitrogen and oxygen atoms in total. The molecule has 3 rings (SSSR count). The summed E-state index contributed by atoms with van der Waals surface area (Å²) in [5.74, 6) is 0. The molecule has 0 aliphatic carbocycles. The lowest BCUT2D eigenvalue weighted by molar-refractivity contribution is -0.0797. The molecule has 0 radical (unpaired) electrons. The minimum absolute atomic E-state index is 0.0479. The van der Waals surface area contributed by atoms with E-state index in [4.69, 9.17) is 20.2 Å². The molecule has 2 aliphatic heterocycles. The van der Waals surface area contributed by atoms with Gasteiger partial charge in [-0.05, 0) is 27.7 Å². The van der Waals surface area contributed by atoms with Gasteiger partial charge in [0.1, 0.15) is 6.10 Å².